The number of hydrogen-bond acceptors (Lipinski definition) is 8. The van der Waals surface area contributed by atoms with Crippen LogP contribution < -0.4 is 0 Å². The van der Waals surface area contributed by atoms with Crippen molar-refractivity contribution >= 4 is 23.3 Å². The van der Waals surface area contributed by atoms with Crippen LogP contribution >= 0.6 is 0 Å². The van der Waals surface area contributed by atoms with Crippen LogP contribution in [0.2, 0.25) is 0 Å². The summed E-state index contributed by atoms with van der Waals surface area (Å²) in [6.07, 6.45) is 1.89. The first-order valence-electron chi connectivity index (χ1n) is 14.2. The Morgan fingerprint density at radius 3 is 2.29 bits per heavy atom. The summed E-state index contributed by atoms with van der Waals surface area (Å²) in [5.74, 6) is -6.43. The maximum Gasteiger partial charge on any atom is 0.335 e. The number of fused-ring (bicyclic) bond motifs is 3. The summed E-state index contributed by atoms with van der Waals surface area (Å²) in [4.78, 5) is 50.5. The number of phenols is 1. The van der Waals surface area contributed by atoms with Crippen molar-refractivity contribution in [3.63, 3.8) is 0 Å². The summed E-state index contributed by atoms with van der Waals surface area (Å²) in [5, 5.41) is 53.7. The van der Waals surface area contributed by atoms with Crippen molar-refractivity contribution in [1.29, 1.82) is 0 Å². The van der Waals surface area contributed by atoms with Crippen LogP contribution in [-0.2, 0) is 28.9 Å². The number of hydrogen-bond donors (Lipinski definition) is 5. The summed E-state index contributed by atoms with van der Waals surface area (Å²) in [6.45, 7) is 5.06. The van der Waals surface area contributed by atoms with Crippen LogP contribution in [0.1, 0.15) is 88.9 Å². The lowest BCUT2D eigenvalue weighted by Gasteiger charge is -2.46. The average Bonchev–Trinajstić information content (AvgIpc) is 2.91. The van der Waals surface area contributed by atoms with Gasteiger partial charge in [0.25, 0.3) is 0 Å². The van der Waals surface area contributed by atoms with Crippen molar-refractivity contribution in [1.82, 2.24) is 0 Å². The van der Waals surface area contributed by atoms with Gasteiger partial charge in [0.2, 0.25) is 5.78 Å². The molecule has 3 aliphatic rings. The number of aromatic hydroxyl groups is 1. The Kier molecular flexibility index (Phi) is 7.35. The molecule has 0 radical (unpaired) electrons. The van der Waals surface area contributed by atoms with Crippen LogP contribution in [0.4, 0.5) is 0 Å². The second kappa shape index (κ2) is 10.5. The van der Waals surface area contributed by atoms with Gasteiger partial charge in [0.15, 0.2) is 17.2 Å². The van der Waals surface area contributed by atoms with Crippen LogP contribution in [0.15, 0.2) is 53.0 Å². The molecule has 2 aromatic carbocycles. The lowest BCUT2D eigenvalue weighted by Crippen LogP contribution is -2.56. The Balaban J connectivity index is 1.51. The van der Waals surface area contributed by atoms with Gasteiger partial charge in [-0.15, -0.1) is 0 Å². The second-order valence-electron chi connectivity index (χ2n) is 11.9. The van der Waals surface area contributed by atoms with Crippen LogP contribution in [-0.4, -0.2) is 54.5 Å². The number of aliphatic hydroxyl groups excluding tert-OH is 2. The minimum absolute atomic E-state index is 0.00970. The summed E-state index contributed by atoms with van der Waals surface area (Å²) in [5.41, 5.74) is 0.0542. The molecular weight excluding hydrogens is 540 g/mol. The summed E-state index contributed by atoms with van der Waals surface area (Å²) >= 11 is 0. The summed E-state index contributed by atoms with van der Waals surface area (Å²) in [6, 6.07) is 8.47. The molecule has 0 amide bonds. The van der Waals surface area contributed by atoms with Crippen molar-refractivity contribution < 1.29 is 44.7 Å². The van der Waals surface area contributed by atoms with Crippen molar-refractivity contribution in [2.75, 3.05) is 0 Å². The molecule has 0 fully saturated rings. The largest absolute Gasteiger partial charge is 0.511 e. The maximum absolute atomic E-state index is 14.0. The molecule has 0 saturated heterocycles. The first-order valence-corrected chi connectivity index (χ1v) is 14.2. The number of allylic oxidation sites excluding steroid dienone is 2. The third-order valence-corrected chi connectivity index (χ3v) is 9.02. The van der Waals surface area contributed by atoms with Gasteiger partial charge in [-0.25, -0.2) is 4.79 Å². The molecule has 0 spiro atoms. The molecule has 0 saturated carbocycles. The van der Waals surface area contributed by atoms with Gasteiger partial charge in [0, 0.05) is 17.9 Å². The molecule has 0 bridgehead atoms. The van der Waals surface area contributed by atoms with E-state index in [-0.39, 0.29) is 41.2 Å². The standard InChI is InChI=1S/C33H34O9/c1-15(2)22-12-19(6-4-5-17-7-9-18(10-8-17)32(40)41)28(36)27-23(22)13-20-11-21-14-24(35)25(16(3)34)30(38)33(21,42)31(39)26(20)29(27)37/h7-10,12,15,20-21,35-36,39,42H,4-6,11,13-14H2,1-3H3,(H,40,41)/t20-,21+,33-/m1/s1. The number of carbonyl (C=O) groups excluding carboxylic acids is 3. The fourth-order valence-electron chi connectivity index (χ4n) is 6.89. The molecular formula is C33H34O9. The third kappa shape index (κ3) is 4.52. The Morgan fingerprint density at radius 1 is 1.02 bits per heavy atom. The fraction of sp³-hybridized carbons (Fsp3) is 0.394. The topological polar surface area (TPSA) is 169 Å². The van der Waals surface area contributed by atoms with Crippen LogP contribution in [0.25, 0.3) is 0 Å². The summed E-state index contributed by atoms with van der Waals surface area (Å²) in [7, 11) is 0. The Labute approximate surface area is 242 Å². The molecule has 3 atom stereocenters. The maximum atomic E-state index is 14.0. The number of ketones is 3. The molecule has 0 unspecified atom stereocenters. The van der Waals surface area contributed by atoms with E-state index in [9.17, 15) is 39.6 Å². The van der Waals surface area contributed by atoms with E-state index in [4.69, 9.17) is 5.11 Å². The van der Waals surface area contributed by atoms with Crippen molar-refractivity contribution in [3.8, 4) is 5.75 Å². The Hall–Kier alpha value is -4.24. The predicted octanol–water partition coefficient (Wildman–Crippen LogP) is 4.68. The highest BCUT2D eigenvalue weighted by atomic mass is 16.4. The quantitative estimate of drug-likeness (QED) is 0.295. The fourth-order valence-corrected chi connectivity index (χ4v) is 6.89. The van der Waals surface area contributed by atoms with Crippen LogP contribution in [0, 0.1) is 11.8 Å². The first kappa shape index (κ1) is 29.3. The SMILES string of the molecule is CC(=O)C1=C(O)C[C@@H]2C[C@@H]3Cc4c(C(C)C)cc(CCCc5ccc(C(=O)O)cc5)c(O)c4C(=O)C3=C(O)[C@]2(O)C1=O. The third-order valence-electron chi connectivity index (χ3n) is 9.02. The Bertz CT molecular complexity index is 1590. The van der Waals surface area contributed by atoms with E-state index in [1.54, 1.807) is 12.1 Å². The van der Waals surface area contributed by atoms with E-state index in [1.165, 1.54) is 12.1 Å². The predicted molar refractivity (Wildman–Crippen MR) is 152 cm³/mol. The van der Waals surface area contributed by atoms with Gasteiger partial charge in [0.05, 0.1) is 11.1 Å². The Morgan fingerprint density at radius 2 is 1.69 bits per heavy atom. The number of aromatic carboxylic acids is 1. The lowest BCUT2D eigenvalue weighted by atomic mass is 9.59. The van der Waals surface area contributed by atoms with E-state index in [2.05, 4.69) is 0 Å². The van der Waals surface area contributed by atoms with Gasteiger partial charge < -0.3 is 25.5 Å². The molecule has 0 heterocycles. The van der Waals surface area contributed by atoms with E-state index in [0.717, 1.165) is 18.1 Å². The van der Waals surface area contributed by atoms with Crippen molar-refractivity contribution in [3.05, 3.63) is 86.4 Å². The average molecular weight is 575 g/mol. The minimum atomic E-state index is -2.52. The zero-order valence-electron chi connectivity index (χ0n) is 23.7. The van der Waals surface area contributed by atoms with Crippen molar-refractivity contribution in [2.45, 2.75) is 70.8 Å². The minimum Gasteiger partial charge on any atom is -0.511 e. The first-order chi connectivity index (χ1) is 19.8. The molecule has 3 aliphatic carbocycles. The van der Waals surface area contributed by atoms with Gasteiger partial charge in [-0.2, -0.15) is 0 Å². The van der Waals surface area contributed by atoms with Gasteiger partial charge in [-0.3, -0.25) is 14.4 Å². The van der Waals surface area contributed by atoms with Gasteiger partial charge >= 0.3 is 5.97 Å². The summed E-state index contributed by atoms with van der Waals surface area (Å²) < 4.78 is 0. The number of carboxylic acids is 1. The molecule has 5 N–H and O–H groups in total. The highest BCUT2D eigenvalue weighted by molar-refractivity contribution is 6.25. The number of rotatable bonds is 7. The van der Waals surface area contributed by atoms with Gasteiger partial charge in [-0.1, -0.05) is 32.0 Å². The number of carbonyl (C=O) groups is 4. The van der Waals surface area contributed by atoms with E-state index < -0.39 is 57.8 Å². The second-order valence-corrected chi connectivity index (χ2v) is 11.9. The monoisotopic (exact) mass is 574 g/mol. The molecule has 42 heavy (non-hydrogen) atoms. The lowest BCUT2D eigenvalue weighted by molar-refractivity contribution is -0.144. The van der Waals surface area contributed by atoms with Crippen molar-refractivity contribution in [2.24, 2.45) is 11.8 Å². The highest BCUT2D eigenvalue weighted by Crippen LogP contribution is 2.52. The van der Waals surface area contributed by atoms with E-state index in [0.29, 0.717) is 36.8 Å². The van der Waals surface area contributed by atoms with E-state index >= 15 is 0 Å². The number of benzene rings is 2. The molecule has 2 aromatic rings. The number of carboxylic acid groups (broad SMARTS) is 1. The molecule has 0 aliphatic heterocycles. The van der Waals surface area contributed by atoms with Gasteiger partial charge in [-0.05, 0) is 85.3 Å². The number of phenolic OH excluding ortho intramolecular Hbond substituents is 1. The molecule has 9 nitrogen and oxygen atoms in total. The molecule has 5 rings (SSSR count). The van der Waals surface area contributed by atoms with Crippen LogP contribution in [0.3, 0.4) is 0 Å². The number of aryl methyl sites for hydroxylation is 2. The normalized spacial score (nSPS) is 23.5. The van der Waals surface area contributed by atoms with Crippen LogP contribution in [0.5, 0.6) is 5.75 Å². The smallest absolute Gasteiger partial charge is 0.335 e. The molecule has 9 heteroatoms. The number of aliphatic hydroxyl groups is 3. The molecule has 220 valence electrons. The highest BCUT2D eigenvalue weighted by Gasteiger charge is 2.59. The van der Waals surface area contributed by atoms with E-state index in [1.807, 2.05) is 19.9 Å². The molecule has 0 aromatic heterocycles. The van der Waals surface area contributed by atoms with Gasteiger partial charge in [0.1, 0.15) is 22.8 Å². The number of Topliss-reactive ketones (excluding diaryl/α,β-unsaturated/α-hetero) is 3. The zero-order chi connectivity index (χ0) is 30.7. The zero-order valence-corrected chi connectivity index (χ0v) is 23.7.